The van der Waals surface area contributed by atoms with Crippen molar-refractivity contribution in [2.75, 3.05) is 25.1 Å². The highest BCUT2D eigenvalue weighted by Crippen LogP contribution is 2.09. The molecule has 0 fully saturated rings. The molecule has 1 rings (SSSR count). The molecule has 96 valence electrons. The van der Waals surface area contributed by atoms with Crippen molar-refractivity contribution in [2.24, 2.45) is 0 Å². The third-order valence-electron chi connectivity index (χ3n) is 2.32. The minimum absolute atomic E-state index is 0.173. The lowest BCUT2D eigenvalue weighted by molar-refractivity contribution is -0.137. The second kappa shape index (κ2) is 7.27. The van der Waals surface area contributed by atoms with E-state index in [9.17, 15) is 9.59 Å². The minimum atomic E-state index is -0.494. The molecule has 1 aromatic rings. The number of nitrogens with zero attached hydrogens (tertiary/aromatic N) is 1. The van der Waals surface area contributed by atoms with Gasteiger partial charge in [0.2, 0.25) is 0 Å². The number of rotatable bonds is 6. The van der Waals surface area contributed by atoms with E-state index in [2.05, 4.69) is 0 Å². The van der Waals surface area contributed by atoms with Crippen LogP contribution in [0.5, 0.6) is 0 Å². The zero-order valence-electron chi connectivity index (χ0n) is 10.6. The van der Waals surface area contributed by atoms with E-state index in [0.29, 0.717) is 6.54 Å². The van der Waals surface area contributed by atoms with Gasteiger partial charge in [-0.3, -0.25) is 4.79 Å². The normalized spacial score (nSPS) is 10.3. The fraction of sp³-hybridized carbons (Fsp3) is 0.286. The van der Waals surface area contributed by atoms with Crippen LogP contribution >= 0.6 is 0 Å². The summed E-state index contributed by atoms with van der Waals surface area (Å²) in [4.78, 5) is 23.8. The molecule has 18 heavy (non-hydrogen) atoms. The maximum Gasteiger partial charge on any atom is 0.330 e. The summed E-state index contributed by atoms with van der Waals surface area (Å²) in [6.45, 7) is 2.27. The van der Waals surface area contributed by atoms with Gasteiger partial charge in [0.1, 0.15) is 6.61 Å². The molecule has 0 aliphatic carbocycles. The summed E-state index contributed by atoms with van der Waals surface area (Å²) in [7, 11) is 1.93. The van der Waals surface area contributed by atoms with E-state index in [0.717, 1.165) is 11.8 Å². The molecule has 0 saturated heterocycles. The lowest BCUT2D eigenvalue weighted by Gasteiger charge is -2.18. The molecular formula is C14H17NO3. The molecule has 0 heterocycles. The van der Waals surface area contributed by atoms with E-state index in [4.69, 9.17) is 4.74 Å². The zero-order chi connectivity index (χ0) is 13.4. The van der Waals surface area contributed by atoms with Gasteiger partial charge in [-0.1, -0.05) is 18.2 Å². The van der Waals surface area contributed by atoms with Crippen LogP contribution in [0.25, 0.3) is 0 Å². The quantitative estimate of drug-likeness (QED) is 0.568. The van der Waals surface area contributed by atoms with E-state index in [1.165, 1.54) is 13.0 Å². The van der Waals surface area contributed by atoms with Crippen LogP contribution in [0.1, 0.15) is 6.92 Å². The maximum absolute atomic E-state index is 11.2. The molecule has 0 saturated carbocycles. The Labute approximate surface area is 107 Å². The first-order valence-electron chi connectivity index (χ1n) is 5.71. The average Bonchev–Trinajstić information content (AvgIpc) is 2.37. The van der Waals surface area contributed by atoms with Crippen LogP contribution in [0.15, 0.2) is 42.5 Å². The van der Waals surface area contributed by atoms with Crippen LogP contribution in [-0.2, 0) is 14.3 Å². The molecule has 1 aromatic carbocycles. The molecular weight excluding hydrogens is 230 g/mol. The lowest BCUT2D eigenvalue weighted by Crippen LogP contribution is -2.23. The Morgan fingerprint density at radius 3 is 2.50 bits per heavy atom. The summed E-state index contributed by atoms with van der Waals surface area (Å²) in [5.41, 5.74) is 1.06. The van der Waals surface area contributed by atoms with Gasteiger partial charge < -0.3 is 9.64 Å². The van der Waals surface area contributed by atoms with Crippen molar-refractivity contribution in [3.05, 3.63) is 42.5 Å². The average molecular weight is 247 g/mol. The van der Waals surface area contributed by atoms with Gasteiger partial charge in [0.05, 0.1) is 6.54 Å². The van der Waals surface area contributed by atoms with Crippen LogP contribution in [0.3, 0.4) is 0 Å². The molecule has 0 aromatic heterocycles. The Kier molecular flexibility index (Phi) is 5.64. The van der Waals surface area contributed by atoms with Gasteiger partial charge in [0, 0.05) is 18.8 Å². The van der Waals surface area contributed by atoms with Crippen LogP contribution in [0.4, 0.5) is 5.69 Å². The number of ether oxygens (including phenoxy) is 1. The molecule has 4 heteroatoms. The number of benzene rings is 1. The van der Waals surface area contributed by atoms with Crippen molar-refractivity contribution in [3.8, 4) is 0 Å². The molecule has 0 amide bonds. The van der Waals surface area contributed by atoms with Crippen LogP contribution in [0, 0.1) is 0 Å². The van der Waals surface area contributed by atoms with Crippen LogP contribution in [0.2, 0.25) is 0 Å². The smallest absolute Gasteiger partial charge is 0.330 e. The highest BCUT2D eigenvalue weighted by Gasteiger charge is 2.01. The summed E-state index contributed by atoms with van der Waals surface area (Å²) >= 11 is 0. The van der Waals surface area contributed by atoms with E-state index >= 15 is 0 Å². The van der Waals surface area contributed by atoms with Gasteiger partial charge in [-0.25, -0.2) is 4.79 Å². The summed E-state index contributed by atoms with van der Waals surface area (Å²) in [5, 5.41) is 0. The Morgan fingerprint density at radius 2 is 1.89 bits per heavy atom. The lowest BCUT2D eigenvalue weighted by atomic mass is 10.3. The summed E-state index contributed by atoms with van der Waals surface area (Å²) in [6, 6.07) is 9.82. The molecule has 4 nitrogen and oxygen atoms in total. The predicted octanol–water partition coefficient (Wildman–Crippen LogP) is 1.81. The van der Waals surface area contributed by atoms with Crippen molar-refractivity contribution in [3.63, 3.8) is 0 Å². The summed E-state index contributed by atoms with van der Waals surface area (Å²) in [6.07, 6.45) is 2.34. The number of esters is 1. The summed E-state index contributed by atoms with van der Waals surface area (Å²) < 4.78 is 4.96. The van der Waals surface area contributed by atoms with E-state index in [1.54, 1.807) is 0 Å². The third kappa shape index (κ3) is 5.30. The van der Waals surface area contributed by atoms with Gasteiger partial charge in [-0.05, 0) is 25.1 Å². The van der Waals surface area contributed by atoms with Gasteiger partial charge >= 0.3 is 5.97 Å². The zero-order valence-corrected chi connectivity index (χ0v) is 10.6. The van der Waals surface area contributed by atoms with Gasteiger partial charge in [0.15, 0.2) is 5.78 Å². The third-order valence-corrected chi connectivity index (χ3v) is 2.32. The van der Waals surface area contributed by atoms with Gasteiger partial charge in [0.25, 0.3) is 0 Å². The molecule has 0 aliphatic heterocycles. The predicted molar refractivity (Wildman–Crippen MR) is 70.5 cm³/mol. The first-order valence-corrected chi connectivity index (χ1v) is 5.71. The monoisotopic (exact) mass is 247 g/mol. The Balaban J connectivity index is 2.30. The van der Waals surface area contributed by atoms with Gasteiger partial charge in [-0.2, -0.15) is 0 Å². The Bertz CT molecular complexity index is 426. The Morgan fingerprint density at radius 1 is 1.22 bits per heavy atom. The SMILES string of the molecule is CC(=O)/C=C/C(=O)OCCN(C)c1ccccc1. The van der Waals surface area contributed by atoms with Crippen LogP contribution < -0.4 is 4.90 Å². The molecule has 0 spiro atoms. The molecule has 0 atom stereocenters. The van der Waals surface area contributed by atoms with E-state index in [1.807, 2.05) is 42.3 Å². The van der Waals surface area contributed by atoms with Gasteiger partial charge in [-0.15, -0.1) is 0 Å². The minimum Gasteiger partial charge on any atom is -0.461 e. The summed E-state index contributed by atoms with van der Waals surface area (Å²) in [5.74, 6) is -0.667. The number of allylic oxidation sites excluding steroid dienone is 1. The number of carbonyl (C=O) groups excluding carboxylic acids is 2. The number of para-hydroxylation sites is 1. The number of hydrogen-bond acceptors (Lipinski definition) is 4. The first kappa shape index (κ1) is 14.0. The number of hydrogen-bond donors (Lipinski definition) is 0. The molecule has 0 N–H and O–H groups in total. The van der Waals surface area contributed by atoms with E-state index in [-0.39, 0.29) is 12.4 Å². The molecule has 0 bridgehead atoms. The highest BCUT2D eigenvalue weighted by molar-refractivity contribution is 5.94. The largest absolute Gasteiger partial charge is 0.461 e. The molecule has 0 aliphatic rings. The number of likely N-dealkylation sites (N-methyl/N-ethyl adjacent to an activating group) is 1. The van der Waals surface area contributed by atoms with Crippen molar-refractivity contribution in [1.82, 2.24) is 0 Å². The fourth-order valence-electron chi connectivity index (χ4n) is 1.33. The molecule has 0 radical (unpaired) electrons. The first-order chi connectivity index (χ1) is 8.59. The van der Waals surface area contributed by atoms with Crippen molar-refractivity contribution in [1.29, 1.82) is 0 Å². The topological polar surface area (TPSA) is 46.6 Å². The second-order valence-corrected chi connectivity index (χ2v) is 3.87. The second-order valence-electron chi connectivity index (χ2n) is 3.87. The van der Waals surface area contributed by atoms with Crippen molar-refractivity contribution in [2.45, 2.75) is 6.92 Å². The van der Waals surface area contributed by atoms with Crippen LogP contribution in [-0.4, -0.2) is 32.0 Å². The highest BCUT2D eigenvalue weighted by atomic mass is 16.5. The number of carbonyl (C=O) groups is 2. The van der Waals surface area contributed by atoms with Crippen molar-refractivity contribution >= 4 is 17.4 Å². The standard InChI is InChI=1S/C14H17NO3/c1-12(16)8-9-14(17)18-11-10-15(2)13-6-4-3-5-7-13/h3-9H,10-11H2,1-2H3/b9-8+. The van der Waals surface area contributed by atoms with E-state index < -0.39 is 5.97 Å². The Hall–Kier alpha value is -2.10. The fourth-order valence-corrected chi connectivity index (χ4v) is 1.33. The number of anilines is 1. The molecule has 0 unspecified atom stereocenters. The maximum atomic E-state index is 11.2. The number of ketones is 1. The van der Waals surface area contributed by atoms with Crippen molar-refractivity contribution < 1.29 is 14.3 Å².